The quantitative estimate of drug-likeness (QED) is 0.773. The van der Waals surface area contributed by atoms with Crippen LogP contribution < -0.4 is 0 Å². The highest BCUT2D eigenvalue weighted by Crippen LogP contribution is 2.47. The van der Waals surface area contributed by atoms with E-state index < -0.39 is 0 Å². The van der Waals surface area contributed by atoms with Crippen molar-refractivity contribution >= 4 is 0 Å². The highest BCUT2D eigenvalue weighted by molar-refractivity contribution is 5.02. The van der Waals surface area contributed by atoms with Gasteiger partial charge in [0.05, 0.1) is 0 Å². The first-order valence-electron chi connectivity index (χ1n) is 9.30. The predicted molar refractivity (Wildman–Crippen MR) is 87.5 cm³/mol. The number of piperidine rings is 1. The molecule has 120 valence electrons. The zero-order valence-corrected chi connectivity index (χ0v) is 14.1. The number of hydrogen-bond acceptors (Lipinski definition) is 3. The number of rotatable bonds is 2. The van der Waals surface area contributed by atoms with Gasteiger partial charge in [-0.25, -0.2) is 0 Å². The van der Waals surface area contributed by atoms with E-state index >= 15 is 0 Å². The first kappa shape index (κ1) is 14.5. The fourth-order valence-corrected chi connectivity index (χ4v) is 5.38. The zero-order chi connectivity index (χ0) is 14.4. The molecule has 0 unspecified atom stereocenters. The normalized spacial score (nSPS) is 34.0. The van der Waals surface area contributed by atoms with Gasteiger partial charge in [-0.05, 0) is 70.0 Å². The van der Waals surface area contributed by atoms with Gasteiger partial charge >= 0.3 is 0 Å². The summed E-state index contributed by atoms with van der Waals surface area (Å²) in [7, 11) is 2.27. The Balaban J connectivity index is 1.22. The summed E-state index contributed by atoms with van der Waals surface area (Å²) in [5.74, 6) is 0.963. The summed E-state index contributed by atoms with van der Waals surface area (Å²) in [5, 5.41) is 0. The first-order valence-corrected chi connectivity index (χ1v) is 9.30. The van der Waals surface area contributed by atoms with Crippen molar-refractivity contribution in [3.05, 3.63) is 0 Å². The zero-order valence-electron chi connectivity index (χ0n) is 14.1. The second-order valence-corrected chi connectivity index (χ2v) is 8.73. The maximum atomic E-state index is 2.82. The van der Waals surface area contributed by atoms with Gasteiger partial charge in [-0.15, -0.1) is 0 Å². The van der Waals surface area contributed by atoms with Gasteiger partial charge in [0.15, 0.2) is 0 Å². The summed E-state index contributed by atoms with van der Waals surface area (Å²) in [6, 6.07) is 1.84. The van der Waals surface area contributed by atoms with Crippen molar-refractivity contribution in [1.29, 1.82) is 0 Å². The van der Waals surface area contributed by atoms with Gasteiger partial charge in [0.1, 0.15) is 0 Å². The van der Waals surface area contributed by atoms with Crippen LogP contribution in [-0.4, -0.2) is 73.1 Å². The number of nitrogens with zero attached hydrogens (tertiary/aromatic N) is 3. The molecule has 4 aliphatic rings. The molecule has 21 heavy (non-hydrogen) atoms. The molecule has 3 heterocycles. The first-order chi connectivity index (χ1) is 10.1. The smallest absolute Gasteiger partial charge is 0.0120 e. The molecule has 0 amide bonds. The molecular formula is C18H33N3. The lowest BCUT2D eigenvalue weighted by molar-refractivity contribution is -0.0852. The van der Waals surface area contributed by atoms with E-state index in [2.05, 4.69) is 28.7 Å². The third-order valence-electron chi connectivity index (χ3n) is 6.91. The van der Waals surface area contributed by atoms with Crippen LogP contribution in [0.25, 0.3) is 0 Å². The van der Waals surface area contributed by atoms with Crippen LogP contribution in [0, 0.1) is 11.3 Å². The summed E-state index contributed by atoms with van der Waals surface area (Å²) in [5.41, 5.74) is 0.732. The van der Waals surface area contributed by atoms with Gasteiger partial charge in [-0.1, -0.05) is 6.92 Å². The van der Waals surface area contributed by atoms with Gasteiger partial charge in [0.2, 0.25) is 0 Å². The van der Waals surface area contributed by atoms with E-state index in [1.54, 1.807) is 0 Å². The van der Waals surface area contributed by atoms with Crippen LogP contribution in [0.5, 0.6) is 0 Å². The third-order valence-corrected chi connectivity index (χ3v) is 6.91. The van der Waals surface area contributed by atoms with Gasteiger partial charge in [0, 0.05) is 38.3 Å². The monoisotopic (exact) mass is 291 g/mol. The standard InChI is InChI=1S/C18H33N3/c1-15-11-20(12-15)16-3-7-18(8-4-16)13-21(14-18)17-5-9-19(2)10-6-17/h15-17H,3-14H2,1-2H3. The van der Waals surface area contributed by atoms with Crippen molar-refractivity contribution < 1.29 is 0 Å². The van der Waals surface area contributed by atoms with E-state index in [9.17, 15) is 0 Å². The van der Waals surface area contributed by atoms with Crippen molar-refractivity contribution in [2.45, 2.75) is 57.5 Å². The lowest BCUT2D eigenvalue weighted by Gasteiger charge is -2.58. The average Bonchev–Trinajstić information content (AvgIpc) is 2.43. The molecule has 0 aromatic rings. The molecule has 3 aliphatic heterocycles. The SMILES string of the molecule is CC1CN(C2CCC3(CC2)CN(C2CCN(C)CC2)C3)C1. The lowest BCUT2D eigenvalue weighted by atomic mass is 9.66. The van der Waals surface area contributed by atoms with Crippen LogP contribution in [0.4, 0.5) is 0 Å². The minimum absolute atomic E-state index is 0.732. The lowest BCUT2D eigenvalue weighted by Crippen LogP contribution is -2.63. The highest BCUT2D eigenvalue weighted by Gasteiger charge is 2.48. The Morgan fingerprint density at radius 2 is 1.38 bits per heavy atom. The summed E-state index contributed by atoms with van der Waals surface area (Å²) in [6.45, 7) is 10.6. The Kier molecular flexibility index (Phi) is 3.79. The summed E-state index contributed by atoms with van der Waals surface area (Å²) < 4.78 is 0. The van der Waals surface area contributed by atoms with E-state index in [0.29, 0.717) is 0 Å². The molecule has 4 fully saturated rings. The molecule has 0 aromatic carbocycles. The molecular weight excluding hydrogens is 258 g/mol. The molecule has 0 radical (unpaired) electrons. The van der Waals surface area contributed by atoms with Gasteiger partial charge in [-0.3, -0.25) is 9.80 Å². The van der Waals surface area contributed by atoms with Crippen LogP contribution in [0.15, 0.2) is 0 Å². The topological polar surface area (TPSA) is 9.72 Å². The van der Waals surface area contributed by atoms with Crippen LogP contribution in [0.3, 0.4) is 0 Å². The maximum Gasteiger partial charge on any atom is 0.0120 e. The maximum absolute atomic E-state index is 2.82. The van der Waals surface area contributed by atoms with E-state index in [1.165, 1.54) is 77.8 Å². The number of hydrogen-bond donors (Lipinski definition) is 0. The van der Waals surface area contributed by atoms with Crippen LogP contribution >= 0.6 is 0 Å². The summed E-state index contributed by atoms with van der Waals surface area (Å²) in [4.78, 5) is 8.06. The molecule has 3 heteroatoms. The molecule has 1 aliphatic carbocycles. The van der Waals surface area contributed by atoms with Gasteiger partial charge < -0.3 is 4.90 Å². The van der Waals surface area contributed by atoms with Crippen LogP contribution in [0.2, 0.25) is 0 Å². The molecule has 0 N–H and O–H groups in total. The fourth-order valence-electron chi connectivity index (χ4n) is 5.38. The molecule has 3 saturated heterocycles. The molecule has 3 nitrogen and oxygen atoms in total. The molecule has 0 bridgehead atoms. The largest absolute Gasteiger partial charge is 0.306 e. The third kappa shape index (κ3) is 2.77. The summed E-state index contributed by atoms with van der Waals surface area (Å²) >= 11 is 0. The van der Waals surface area contributed by atoms with Crippen molar-refractivity contribution in [1.82, 2.24) is 14.7 Å². The van der Waals surface area contributed by atoms with Gasteiger partial charge in [-0.2, -0.15) is 0 Å². The average molecular weight is 291 g/mol. The van der Waals surface area contributed by atoms with E-state index in [4.69, 9.17) is 0 Å². The number of likely N-dealkylation sites (tertiary alicyclic amines) is 3. The Morgan fingerprint density at radius 3 is 1.95 bits per heavy atom. The van der Waals surface area contributed by atoms with Crippen LogP contribution in [-0.2, 0) is 0 Å². The molecule has 0 atom stereocenters. The minimum Gasteiger partial charge on any atom is -0.306 e. The van der Waals surface area contributed by atoms with E-state index in [-0.39, 0.29) is 0 Å². The van der Waals surface area contributed by atoms with Crippen molar-refractivity contribution in [3.63, 3.8) is 0 Å². The fraction of sp³-hybridized carbons (Fsp3) is 1.00. The van der Waals surface area contributed by atoms with Crippen LogP contribution in [0.1, 0.15) is 45.4 Å². The molecule has 1 spiro atoms. The van der Waals surface area contributed by atoms with Crippen molar-refractivity contribution in [3.8, 4) is 0 Å². The van der Waals surface area contributed by atoms with E-state index in [0.717, 1.165) is 23.4 Å². The van der Waals surface area contributed by atoms with Crippen molar-refractivity contribution in [2.75, 3.05) is 46.3 Å². The molecule has 0 aromatic heterocycles. The van der Waals surface area contributed by atoms with Gasteiger partial charge in [0.25, 0.3) is 0 Å². The Bertz CT molecular complexity index is 353. The predicted octanol–water partition coefficient (Wildman–Crippen LogP) is 2.28. The van der Waals surface area contributed by atoms with Crippen molar-refractivity contribution in [2.24, 2.45) is 11.3 Å². The minimum atomic E-state index is 0.732. The Labute approximate surface area is 130 Å². The Hall–Kier alpha value is -0.120. The highest BCUT2D eigenvalue weighted by atomic mass is 15.3. The van der Waals surface area contributed by atoms with E-state index in [1.807, 2.05) is 0 Å². The summed E-state index contributed by atoms with van der Waals surface area (Å²) in [6.07, 6.45) is 8.78. The second kappa shape index (κ2) is 5.50. The molecule has 4 rings (SSSR count). The second-order valence-electron chi connectivity index (χ2n) is 8.73. The molecule has 1 saturated carbocycles. The Morgan fingerprint density at radius 1 is 0.810 bits per heavy atom.